The van der Waals surface area contributed by atoms with Crippen LogP contribution in [0.2, 0.25) is 0 Å². The zero-order chi connectivity index (χ0) is 11.6. The molecule has 88 valence electrons. The van der Waals surface area contributed by atoms with E-state index in [0.29, 0.717) is 12.4 Å². The molecule has 1 fully saturated rings. The molecule has 16 heavy (non-hydrogen) atoms. The quantitative estimate of drug-likeness (QED) is 0.815. The molecule has 1 heterocycles. The highest BCUT2D eigenvalue weighted by Crippen LogP contribution is 2.40. The molecule has 1 aliphatic carbocycles. The summed E-state index contributed by atoms with van der Waals surface area (Å²) in [6.45, 7) is 4.81. The van der Waals surface area contributed by atoms with Gasteiger partial charge in [-0.1, -0.05) is 31.2 Å². The molecule has 3 nitrogen and oxygen atoms in total. The Balaban J connectivity index is 2.17. The van der Waals surface area contributed by atoms with Gasteiger partial charge in [0.25, 0.3) is 0 Å². The maximum Gasteiger partial charge on any atom is 0.230 e. The van der Waals surface area contributed by atoms with Crippen molar-refractivity contribution < 1.29 is 9.53 Å². The molecule has 3 unspecified atom stereocenters. The summed E-state index contributed by atoms with van der Waals surface area (Å²) in [7, 11) is 0. The number of carbonyl (C=O) groups excluding carboxylic acids is 1. The van der Waals surface area contributed by atoms with E-state index >= 15 is 0 Å². The van der Waals surface area contributed by atoms with Crippen LogP contribution in [0.25, 0.3) is 0 Å². The fraction of sp³-hybridized carbons (Fsp3) is 0.583. The van der Waals surface area contributed by atoms with Crippen LogP contribution in [0, 0.1) is 5.41 Å². The molecular weight excluding hydrogens is 222 g/mol. The standard InChI is InChI=1S/C12H17NO2S/c1-3-15-9-6-4-5-7-12(9,2)11-13-10(14)8-16-11/h4-7,9,11H,3,8H2,1-2H3,(H,13,14). The predicted molar refractivity (Wildman–Crippen MR) is 66.2 cm³/mol. The molecule has 0 spiro atoms. The van der Waals surface area contributed by atoms with E-state index in [4.69, 9.17) is 4.74 Å². The maximum absolute atomic E-state index is 11.3. The molecule has 0 aromatic carbocycles. The van der Waals surface area contributed by atoms with E-state index in [2.05, 4.69) is 24.4 Å². The first-order valence-electron chi connectivity index (χ1n) is 5.55. The van der Waals surface area contributed by atoms with Crippen LogP contribution in [0.3, 0.4) is 0 Å². The van der Waals surface area contributed by atoms with Crippen molar-refractivity contribution in [2.24, 2.45) is 5.41 Å². The Kier molecular flexibility index (Phi) is 3.40. The molecule has 0 radical (unpaired) electrons. The molecule has 0 aromatic rings. The Labute approximate surface area is 100 Å². The lowest BCUT2D eigenvalue weighted by atomic mass is 9.80. The molecule has 0 saturated carbocycles. The number of thioether (sulfide) groups is 1. The molecule has 1 amide bonds. The van der Waals surface area contributed by atoms with Crippen LogP contribution >= 0.6 is 11.8 Å². The third-order valence-electron chi connectivity index (χ3n) is 3.05. The molecule has 0 aromatic heterocycles. The van der Waals surface area contributed by atoms with Gasteiger partial charge in [-0.3, -0.25) is 4.79 Å². The van der Waals surface area contributed by atoms with Gasteiger partial charge < -0.3 is 10.1 Å². The lowest BCUT2D eigenvalue weighted by Gasteiger charge is -2.38. The number of rotatable bonds is 3. The fourth-order valence-electron chi connectivity index (χ4n) is 2.11. The number of amides is 1. The van der Waals surface area contributed by atoms with Gasteiger partial charge >= 0.3 is 0 Å². The summed E-state index contributed by atoms with van der Waals surface area (Å²) >= 11 is 1.66. The third kappa shape index (κ3) is 2.04. The molecule has 3 atom stereocenters. The SMILES string of the molecule is CCOC1C=CC=CC1(C)C1NC(=O)CS1. The Bertz CT molecular complexity index is 340. The Morgan fingerprint density at radius 1 is 1.62 bits per heavy atom. The van der Waals surface area contributed by atoms with Crippen molar-refractivity contribution in [3.8, 4) is 0 Å². The van der Waals surface area contributed by atoms with Gasteiger partial charge in [0.1, 0.15) is 0 Å². The summed E-state index contributed by atoms with van der Waals surface area (Å²) in [6, 6.07) is 0. The maximum atomic E-state index is 11.3. The van der Waals surface area contributed by atoms with E-state index in [0.717, 1.165) is 0 Å². The second kappa shape index (κ2) is 4.63. The van der Waals surface area contributed by atoms with Crippen LogP contribution in [0.5, 0.6) is 0 Å². The molecule has 4 heteroatoms. The van der Waals surface area contributed by atoms with Crippen LogP contribution in [-0.4, -0.2) is 29.7 Å². The van der Waals surface area contributed by atoms with Crippen LogP contribution in [0.15, 0.2) is 24.3 Å². The van der Waals surface area contributed by atoms with Crippen molar-refractivity contribution in [2.75, 3.05) is 12.4 Å². The molecular formula is C12H17NO2S. The van der Waals surface area contributed by atoms with Crippen LogP contribution in [0.1, 0.15) is 13.8 Å². The van der Waals surface area contributed by atoms with Crippen LogP contribution in [0.4, 0.5) is 0 Å². The minimum atomic E-state index is -0.151. The first kappa shape index (κ1) is 11.7. The van der Waals surface area contributed by atoms with Gasteiger partial charge in [0.15, 0.2) is 0 Å². The van der Waals surface area contributed by atoms with Gasteiger partial charge in [-0.05, 0) is 6.92 Å². The number of hydrogen-bond acceptors (Lipinski definition) is 3. The van der Waals surface area contributed by atoms with Gasteiger partial charge in [-0.15, -0.1) is 11.8 Å². The Morgan fingerprint density at radius 3 is 3.06 bits per heavy atom. The van der Waals surface area contributed by atoms with Crippen molar-refractivity contribution in [2.45, 2.75) is 25.3 Å². The number of carbonyl (C=O) groups is 1. The first-order chi connectivity index (χ1) is 7.66. The van der Waals surface area contributed by atoms with Gasteiger partial charge in [-0.2, -0.15) is 0 Å². The highest BCUT2D eigenvalue weighted by Gasteiger charge is 2.43. The lowest BCUT2D eigenvalue weighted by molar-refractivity contribution is -0.118. The molecule has 1 aliphatic heterocycles. The normalized spacial score (nSPS) is 37.8. The predicted octanol–water partition coefficient (Wildman–Crippen LogP) is 1.71. The van der Waals surface area contributed by atoms with E-state index in [-0.39, 0.29) is 22.8 Å². The number of ether oxygens (including phenoxy) is 1. The minimum absolute atomic E-state index is 0.0402. The largest absolute Gasteiger partial charge is 0.373 e. The zero-order valence-electron chi connectivity index (χ0n) is 9.60. The molecule has 2 rings (SSSR count). The van der Waals surface area contributed by atoms with Gasteiger partial charge in [0.05, 0.1) is 17.2 Å². The average Bonchev–Trinajstić information content (AvgIpc) is 2.69. The van der Waals surface area contributed by atoms with E-state index in [1.165, 1.54) is 0 Å². The number of hydrogen-bond donors (Lipinski definition) is 1. The van der Waals surface area contributed by atoms with Crippen molar-refractivity contribution in [1.82, 2.24) is 5.32 Å². The smallest absolute Gasteiger partial charge is 0.230 e. The van der Waals surface area contributed by atoms with Crippen LogP contribution < -0.4 is 5.32 Å². The van der Waals surface area contributed by atoms with Gasteiger partial charge in [-0.25, -0.2) is 0 Å². The lowest BCUT2D eigenvalue weighted by Crippen LogP contribution is -2.47. The first-order valence-corrected chi connectivity index (χ1v) is 6.60. The summed E-state index contributed by atoms with van der Waals surface area (Å²) in [4.78, 5) is 11.3. The summed E-state index contributed by atoms with van der Waals surface area (Å²) in [5, 5.41) is 3.12. The van der Waals surface area contributed by atoms with E-state index in [1.807, 2.05) is 19.1 Å². The van der Waals surface area contributed by atoms with Gasteiger partial charge in [0, 0.05) is 12.0 Å². The highest BCUT2D eigenvalue weighted by atomic mass is 32.2. The summed E-state index contributed by atoms with van der Waals surface area (Å²) < 4.78 is 5.74. The third-order valence-corrected chi connectivity index (χ3v) is 4.44. The van der Waals surface area contributed by atoms with Crippen molar-refractivity contribution in [3.63, 3.8) is 0 Å². The highest BCUT2D eigenvalue weighted by molar-refractivity contribution is 8.01. The van der Waals surface area contributed by atoms with Gasteiger partial charge in [0.2, 0.25) is 5.91 Å². The summed E-state index contributed by atoms with van der Waals surface area (Å²) in [6.07, 6.45) is 8.27. The van der Waals surface area contributed by atoms with Crippen molar-refractivity contribution in [3.05, 3.63) is 24.3 Å². The molecule has 1 saturated heterocycles. The monoisotopic (exact) mass is 239 g/mol. The summed E-state index contributed by atoms with van der Waals surface area (Å²) in [5.41, 5.74) is -0.151. The molecule has 0 bridgehead atoms. The molecule has 2 aliphatic rings. The zero-order valence-corrected chi connectivity index (χ0v) is 10.4. The molecule has 1 N–H and O–H groups in total. The number of allylic oxidation sites excluding steroid dienone is 2. The van der Waals surface area contributed by atoms with Crippen molar-refractivity contribution >= 4 is 17.7 Å². The second-order valence-electron chi connectivity index (χ2n) is 4.24. The Morgan fingerprint density at radius 2 is 2.44 bits per heavy atom. The van der Waals surface area contributed by atoms with E-state index in [1.54, 1.807) is 11.8 Å². The minimum Gasteiger partial charge on any atom is -0.373 e. The van der Waals surface area contributed by atoms with Crippen LogP contribution in [-0.2, 0) is 9.53 Å². The average molecular weight is 239 g/mol. The van der Waals surface area contributed by atoms with E-state index < -0.39 is 0 Å². The number of nitrogens with one attached hydrogen (secondary N) is 1. The Hall–Kier alpha value is -0.740. The topological polar surface area (TPSA) is 38.3 Å². The van der Waals surface area contributed by atoms with Crippen molar-refractivity contribution in [1.29, 1.82) is 0 Å². The fourth-order valence-corrected chi connectivity index (χ4v) is 3.29. The second-order valence-corrected chi connectivity index (χ2v) is 5.34. The van der Waals surface area contributed by atoms with E-state index in [9.17, 15) is 4.79 Å². The summed E-state index contributed by atoms with van der Waals surface area (Å²) in [5.74, 6) is 0.672.